The number of aryl methyl sites for hydroxylation is 1. The first-order valence-electron chi connectivity index (χ1n) is 8.99. The van der Waals surface area contributed by atoms with Gasteiger partial charge in [-0.15, -0.1) is 0 Å². The van der Waals surface area contributed by atoms with Crippen molar-refractivity contribution < 1.29 is 4.79 Å². The molecule has 1 saturated heterocycles. The van der Waals surface area contributed by atoms with Crippen molar-refractivity contribution in [1.82, 2.24) is 20.0 Å². The number of anilines is 2. The largest absolute Gasteiger partial charge is 0.378 e. The normalized spacial score (nSPS) is 15.3. The highest BCUT2D eigenvalue weighted by Gasteiger charge is 2.27. The van der Waals surface area contributed by atoms with E-state index in [1.54, 1.807) is 22.8 Å². The Kier molecular flexibility index (Phi) is 5.63. The maximum absolute atomic E-state index is 12.6. The molecule has 0 atom stereocenters. The summed E-state index contributed by atoms with van der Waals surface area (Å²) in [5.74, 6) is 0.790. The van der Waals surface area contributed by atoms with E-state index in [1.165, 1.54) is 11.3 Å². The molecule has 1 aromatic heterocycles. The SMILES string of the molecule is CN=C(NCc1ccc(N(C)C)cc1)N1CCN(c2cnn(C)c2)C(=O)C1. The number of guanidine groups is 1. The van der Waals surface area contributed by atoms with Crippen molar-refractivity contribution in [3.05, 3.63) is 42.2 Å². The van der Waals surface area contributed by atoms with Crippen LogP contribution in [0.4, 0.5) is 11.4 Å². The lowest BCUT2D eigenvalue weighted by Crippen LogP contribution is -2.55. The van der Waals surface area contributed by atoms with Crippen LogP contribution in [0.2, 0.25) is 0 Å². The smallest absolute Gasteiger partial charge is 0.246 e. The van der Waals surface area contributed by atoms with Crippen LogP contribution < -0.4 is 15.1 Å². The first-order valence-corrected chi connectivity index (χ1v) is 8.99. The molecule has 1 N–H and O–H groups in total. The number of amides is 1. The molecule has 8 heteroatoms. The topological polar surface area (TPSA) is 69.0 Å². The van der Waals surface area contributed by atoms with Crippen molar-refractivity contribution in [3.63, 3.8) is 0 Å². The summed E-state index contributed by atoms with van der Waals surface area (Å²) in [6.07, 6.45) is 3.58. The second-order valence-corrected chi connectivity index (χ2v) is 6.80. The predicted octanol–water partition coefficient (Wildman–Crippen LogP) is 0.910. The highest BCUT2D eigenvalue weighted by atomic mass is 16.2. The molecule has 0 radical (unpaired) electrons. The number of hydrogen-bond donors (Lipinski definition) is 1. The van der Waals surface area contributed by atoms with Gasteiger partial charge in [0.05, 0.1) is 11.9 Å². The van der Waals surface area contributed by atoms with Crippen LogP contribution in [-0.4, -0.2) is 67.3 Å². The predicted molar refractivity (Wildman–Crippen MR) is 108 cm³/mol. The number of nitrogens with one attached hydrogen (secondary N) is 1. The molecule has 3 rings (SSSR count). The zero-order valence-electron chi connectivity index (χ0n) is 16.4. The zero-order chi connectivity index (χ0) is 19.4. The summed E-state index contributed by atoms with van der Waals surface area (Å²) >= 11 is 0. The van der Waals surface area contributed by atoms with E-state index in [4.69, 9.17) is 0 Å². The van der Waals surface area contributed by atoms with Crippen molar-refractivity contribution in [3.8, 4) is 0 Å². The molecule has 1 aliphatic heterocycles. The van der Waals surface area contributed by atoms with Gasteiger partial charge in [-0.2, -0.15) is 5.10 Å². The van der Waals surface area contributed by atoms with Crippen LogP contribution in [0.25, 0.3) is 0 Å². The Bertz CT molecular complexity index is 810. The molecule has 0 spiro atoms. The fourth-order valence-corrected chi connectivity index (χ4v) is 3.10. The van der Waals surface area contributed by atoms with Crippen molar-refractivity contribution in [2.24, 2.45) is 12.0 Å². The maximum Gasteiger partial charge on any atom is 0.246 e. The molecule has 0 unspecified atom stereocenters. The second kappa shape index (κ2) is 8.11. The van der Waals surface area contributed by atoms with Crippen LogP contribution in [0.15, 0.2) is 41.7 Å². The summed E-state index contributed by atoms with van der Waals surface area (Å²) in [5, 5.41) is 7.51. The number of aromatic nitrogens is 2. The average molecular weight is 369 g/mol. The highest BCUT2D eigenvalue weighted by molar-refractivity contribution is 5.98. The molecular formula is C19H27N7O. The van der Waals surface area contributed by atoms with Gasteiger partial charge < -0.3 is 20.0 Å². The summed E-state index contributed by atoms with van der Waals surface area (Å²) in [6, 6.07) is 8.38. The molecule has 8 nitrogen and oxygen atoms in total. The van der Waals surface area contributed by atoms with Crippen molar-refractivity contribution in [2.75, 3.05) is 50.6 Å². The molecule has 27 heavy (non-hydrogen) atoms. The molecule has 2 aromatic rings. The molecule has 1 amide bonds. The molecule has 0 bridgehead atoms. The minimum Gasteiger partial charge on any atom is -0.378 e. The molecule has 0 saturated carbocycles. The number of benzene rings is 1. The van der Waals surface area contributed by atoms with E-state index in [9.17, 15) is 4.79 Å². The lowest BCUT2D eigenvalue weighted by atomic mass is 10.2. The lowest BCUT2D eigenvalue weighted by Gasteiger charge is -2.35. The Morgan fingerprint density at radius 2 is 2.00 bits per heavy atom. The van der Waals surface area contributed by atoms with Gasteiger partial charge in [0.25, 0.3) is 0 Å². The number of carbonyl (C=O) groups excluding carboxylic acids is 1. The Labute approximate surface area is 160 Å². The van der Waals surface area contributed by atoms with E-state index >= 15 is 0 Å². The van der Waals surface area contributed by atoms with Crippen molar-refractivity contribution in [1.29, 1.82) is 0 Å². The van der Waals surface area contributed by atoms with Gasteiger partial charge in [0.2, 0.25) is 5.91 Å². The third-order valence-corrected chi connectivity index (χ3v) is 4.64. The first-order chi connectivity index (χ1) is 13.0. The third kappa shape index (κ3) is 4.39. The number of hydrogen-bond acceptors (Lipinski definition) is 4. The summed E-state index contributed by atoms with van der Waals surface area (Å²) in [6.45, 7) is 2.30. The number of carbonyl (C=O) groups is 1. The van der Waals surface area contributed by atoms with Crippen LogP contribution in [-0.2, 0) is 18.4 Å². The van der Waals surface area contributed by atoms with Crippen LogP contribution in [0, 0.1) is 0 Å². The number of rotatable bonds is 4. The molecule has 144 valence electrons. The fraction of sp³-hybridized carbons (Fsp3) is 0.421. The minimum atomic E-state index is 0.0486. The number of nitrogens with zero attached hydrogens (tertiary/aromatic N) is 6. The monoisotopic (exact) mass is 369 g/mol. The van der Waals surface area contributed by atoms with Crippen LogP contribution in [0.5, 0.6) is 0 Å². The van der Waals surface area contributed by atoms with E-state index in [1.807, 2.05) is 32.2 Å². The standard InChI is InChI=1S/C19H27N7O/c1-20-19(21-11-15-5-7-16(8-6-15)23(2)3)25-9-10-26(18(27)14-25)17-12-22-24(4)13-17/h5-8,12-13H,9-11,14H2,1-4H3,(H,20,21). The molecule has 1 aromatic carbocycles. The minimum absolute atomic E-state index is 0.0486. The van der Waals surface area contributed by atoms with Gasteiger partial charge in [0.1, 0.15) is 6.54 Å². The van der Waals surface area contributed by atoms with Crippen LogP contribution in [0.3, 0.4) is 0 Å². The van der Waals surface area contributed by atoms with Crippen molar-refractivity contribution in [2.45, 2.75) is 6.54 Å². The zero-order valence-corrected chi connectivity index (χ0v) is 16.4. The molecule has 0 aliphatic carbocycles. The van der Waals surface area contributed by atoms with Gasteiger partial charge in [0.15, 0.2) is 5.96 Å². The summed E-state index contributed by atoms with van der Waals surface area (Å²) in [5.41, 5.74) is 3.17. The van der Waals surface area contributed by atoms with Gasteiger partial charge in [-0.3, -0.25) is 14.5 Å². The quantitative estimate of drug-likeness (QED) is 0.641. The van der Waals surface area contributed by atoms with Gasteiger partial charge in [-0.25, -0.2) is 0 Å². The van der Waals surface area contributed by atoms with E-state index in [-0.39, 0.29) is 5.91 Å². The van der Waals surface area contributed by atoms with Gasteiger partial charge in [0, 0.05) is 59.7 Å². The average Bonchev–Trinajstić information content (AvgIpc) is 3.09. The number of aliphatic imine (C=N–C) groups is 1. The molecule has 1 aliphatic rings. The van der Waals surface area contributed by atoms with Gasteiger partial charge in [-0.05, 0) is 17.7 Å². The Hall–Kier alpha value is -3.03. The van der Waals surface area contributed by atoms with Crippen LogP contribution in [0.1, 0.15) is 5.56 Å². The second-order valence-electron chi connectivity index (χ2n) is 6.80. The highest BCUT2D eigenvalue weighted by Crippen LogP contribution is 2.16. The van der Waals surface area contributed by atoms with Gasteiger partial charge in [-0.1, -0.05) is 12.1 Å². The Morgan fingerprint density at radius 3 is 2.56 bits per heavy atom. The van der Waals surface area contributed by atoms with E-state index in [0.29, 0.717) is 19.6 Å². The van der Waals surface area contributed by atoms with E-state index in [0.717, 1.165) is 18.2 Å². The van der Waals surface area contributed by atoms with Gasteiger partial charge >= 0.3 is 0 Å². The molecule has 2 heterocycles. The maximum atomic E-state index is 12.6. The number of piperazine rings is 1. The molecule has 1 fully saturated rings. The summed E-state index contributed by atoms with van der Waals surface area (Å²) in [7, 11) is 7.64. The summed E-state index contributed by atoms with van der Waals surface area (Å²) < 4.78 is 1.71. The summed E-state index contributed by atoms with van der Waals surface area (Å²) in [4.78, 5) is 22.8. The van der Waals surface area contributed by atoms with E-state index < -0.39 is 0 Å². The van der Waals surface area contributed by atoms with E-state index in [2.05, 4.69) is 44.6 Å². The Balaban J connectivity index is 1.57. The van der Waals surface area contributed by atoms with Crippen molar-refractivity contribution >= 4 is 23.2 Å². The third-order valence-electron chi connectivity index (χ3n) is 4.64. The van der Waals surface area contributed by atoms with Crippen LogP contribution >= 0.6 is 0 Å². The molecular weight excluding hydrogens is 342 g/mol. The lowest BCUT2D eigenvalue weighted by molar-refractivity contribution is -0.120. The fourth-order valence-electron chi connectivity index (χ4n) is 3.10. The Morgan fingerprint density at radius 1 is 1.26 bits per heavy atom. The first kappa shape index (κ1) is 18.8.